The molecule has 0 amide bonds. The van der Waals surface area contributed by atoms with E-state index in [9.17, 15) is 8.42 Å². The minimum atomic E-state index is -3.22. The Labute approximate surface area is 181 Å². The number of halogens is 2. The molecule has 0 unspecified atom stereocenters. The van der Waals surface area contributed by atoms with Gasteiger partial charge in [0.25, 0.3) is 0 Å². The van der Waals surface area contributed by atoms with Crippen molar-refractivity contribution in [2.24, 2.45) is 0 Å². The van der Waals surface area contributed by atoms with Gasteiger partial charge >= 0.3 is 0 Å². The second-order valence-corrected chi connectivity index (χ2v) is 9.46. The summed E-state index contributed by atoms with van der Waals surface area (Å²) in [4.78, 5) is 2.59. The number of hydrogen-bond acceptors (Lipinski definition) is 5. The van der Waals surface area contributed by atoms with Crippen LogP contribution in [0.25, 0.3) is 0 Å². The summed E-state index contributed by atoms with van der Waals surface area (Å²) in [5.74, 6) is 0.824. The first-order chi connectivity index (χ1) is 12.4. The van der Waals surface area contributed by atoms with Crippen molar-refractivity contribution in [1.29, 1.82) is 0 Å². The van der Waals surface area contributed by atoms with Crippen molar-refractivity contribution < 1.29 is 13.2 Å². The number of hydrogen-bond donors (Lipinski definition) is 2. The standard InChI is InChI=1S/C19H31N3O3S.2ClH/c1-25-18-5-3-4-16(14-18)19(15-21-26(2,23)24)8-6-17(7-9-19)22-12-10-20-11-13-22;;/h3-5,14,17,20-21H,6-13,15H2,1-2H3;2*1H/t17-,19+;;. The van der Waals surface area contributed by atoms with Crippen LogP contribution in [0.15, 0.2) is 24.3 Å². The van der Waals surface area contributed by atoms with E-state index in [0.29, 0.717) is 12.6 Å². The molecular formula is C19H33Cl2N3O3S. The molecule has 6 nitrogen and oxygen atoms in total. The Morgan fingerprint density at radius 1 is 1.21 bits per heavy atom. The maximum absolute atomic E-state index is 11.7. The van der Waals surface area contributed by atoms with E-state index in [4.69, 9.17) is 4.74 Å². The molecule has 162 valence electrons. The Morgan fingerprint density at radius 3 is 2.43 bits per heavy atom. The molecule has 1 heterocycles. The molecule has 0 aromatic heterocycles. The topological polar surface area (TPSA) is 70.7 Å². The van der Waals surface area contributed by atoms with Crippen LogP contribution >= 0.6 is 24.8 Å². The van der Waals surface area contributed by atoms with Gasteiger partial charge in [-0.15, -0.1) is 24.8 Å². The van der Waals surface area contributed by atoms with Gasteiger partial charge in [0.05, 0.1) is 13.4 Å². The average molecular weight is 454 g/mol. The molecular weight excluding hydrogens is 421 g/mol. The lowest BCUT2D eigenvalue weighted by Crippen LogP contribution is -2.52. The Kier molecular flexibility index (Phi) is 10.00. The molecule has 28 heavy (non-hydrogen) atoms. The van der Waals surface area contributed by atoms with Crippen molar-refractivity contribution in [3.63, 3.8) is 0 Å². The number of sulfonamides is 1. The number of ether oxygens (including phenoxy) is 1. The molecule has 3 rings (SSSR count). The second kappa shape index (κ2) is 11.0. The van der Waals surface area contributed by atoms with E-state index < -0.39 is 10.0 Å². The summed E-state index contributed by atoms with van der Waals surface area (Å²) in [5.41, 5.74) is 1.01. The third-order valence-electron chi connectivity index (χ3n) is 5.94. The Bertz CT molecular complexity index is 704. The van der Waals surface area contributed by atoms with Crippen LogP contribution in [0.4, 0.5) is 0 Å². The number of benzene rings is 1. The van der Waals surface area contributed by atoms with E-state index in [-0.39, 0.29) is 30.2 Å². The van der Waals surface area contributed by atoms with Crippen LogP contribution in [0.1, 0.15) is 31.2 Å². The molecule has 0 radical (unpaired) electrons. The van der Waals surface area contributed by atoms with Gasteiger partial charge in [0, 0.05) is 44.2 Å². The predicted octanol–water partition coefficient (Wildman–Crippen LogP) is 2.17. The quantitative estimate of drug-likeness (QED) is 0.690. The van der Waals surface area contributed by atoms with Gasteiger partial charge in [-0.3, -0.25) is 4.90 Å². The lowest BCUT2D eigenvalue weighted by Gasteiger charge is -2.45. The van der Waals surface area contributed by atoms with Gasteiger partial charge in [0.2, 0.25) is 10.0 Å². The molecule has 0 atom stereocenters. The third-order valence-corrected chi connectivity index (χ3v) is 6.60. The minimum absolute atomic E-state index is 0. The highest BCUT2D eigenvalue weighted by Gasteiger charge is 2.39. The van der Waals surface area contributed by atoms with Gasteiger partial charge in [-0.1, -0.05) is 12.1 Å². The van der Waals surface area contributed by atoms with Crippen molar-refractivity contribution in [2.75, 3.05) is 46.1 Å². The van der Waals surface area contributed by atoms with E-state index in [0.717, 1.165) is 57.6 Å². The Balaban J connectivity index is 0.00000196. The van der Waals surface area contributed by atoms with Gasteiger partial charge in [0.15, 0.2) is 0 Å². The molecule has 2 fully saturated rings. The molecule has 2 aliphatic rings. The molecule has 1 saturated carbocycles. The monoisotopic (exact) mass is 453 g/mol. The highest BCUT2D eigenvalue weighted by Crippen LogP contribution is 2.41. The lowest BCUT2D eigenvalue weighted by molar-refractivity contribution is 0.111. The molecule has 2 N–H and O–H groups in total. The fraction of sp³-hybridized carbons (Fsp3) is 0.684. The van der Waals surface area contributed by atoms with E-state index in [1.807, 2.05) is 12.1 Å². The molecule has 1 aromatic rings. The number of nitrogens with zero attached hydrogens (tertiary/aromatic N) is 1. The van der Waals surface area contributed by atoms with Crippen LogP contribution < -0.4 is 14.8 Å². The van der Waals surface area contributed by atoms with Crippen molar-refractivity contribution in [3.8, 4) is 5.75 Å². The third kappa shape index (κ3) is 6.47. The van der Waals surface area contributed by atoms with Gasteiger partial charge in [0.1, 0.15) is 5.75 Å². The summed E-state index contributed by atoms with van der Waals surface area (Å²) < 4.78 is 31.6. The smallest absolute Gasteiger partial charge is 0.208 e. The number of rotatable bonds is 6. The highest BCUT2D eigenvalue weighted by molar-refractivity contribution is 7.88. The number of methoxy groups -OCH3 is 1. The largest absolute Gasteiger partial charge is 0.497 e. The van der Waals surface area contributed by atoms with E-state index >= 15 is 0 Å². The first-order valence-corrected chi connectivity index (χ1v) is 11.3. The van der Waals surface area contributed by atoms with Gasteiger partial charge in [-0.05, 0) is 43.4 Å². The van der Waals surface area contributed by atoms with Crippen LogP contribution in [0, 0.1) is 0 Å². The molecule has 1 saturated heterocycles. The van der Waals surface area contributed by atoms with Crippen LogP contribution in [0.3, 0.4) is 0 Å². The van der Waals surface area contributed by atoms with Gasteiger partial charge < -0.3 is 10.1 Å². The average Bonchev–Trinajstić information content (AvgIpc) is 2.67. The zero-order valence-corrected chi connectivity index (χ0v) is 19.1. The van der Waals surface area contributed by atoms with Gasteiger partial charge in [-0.25, -0.2) is 13.1 Å². The maximum Gasteiger partial charge on any atom is 0.208 e. The Morgan fingerprint density at radius 2 is 1.86 bits per heavy atom. The zero-order chi connectivity index (χ0) is 18.6. The van der Waals surface area contributed by atoms with Crippen LogP contribution in [0.5, 0.6) is 5.75 Å². The molecule has 1 aromatic carbocycles. The molecule has 9 heteroatoms. The SMILES string of the molecule is COc1cccc([C@]2(CNS(C)(=O)=O)CC[C@H](N3CCNCC3)CC2)c1.Cl.Cl. The molecule has 0 spiro atoms. The first kappa shape index (κ1) is 25.5. The summed E-state index contributed by atoms with van der Waals surface area (Å²) in [6, 6.07) is 8.72. The summed E-state index contributed by atoms with van der Waals surface area (Å²) >= 11 is 0. The Hall–Kier alpha value is -0.570. The van der Waals surface area contributed by atoms with Crippen molar-refractivity contribution >= 4 is 34.8 Å². The predicted molar refractivity (Wildman–Crippen MR) is 119 cm³/mol. The molecule has 1 aliphatic carbocycles. The van der Waals surface area contributed by atoms with Crippen molar-refractivity contribution in [2.45, 2.75) is 37.1 Å². The zero-order valence-electron chi connectivity index (χ0n) is 16.6. The van der Waals surface area contributed by atoms with Gasteiger partial charge in [-0.2, -0.15) is 0 Å². The van der Waals surface area contributed by atoms with Crippen molar-refractivity contribution in [1.82, 2.24) is 14.9 Å². The van der Waals surface area contributed by atoms with E-state index in [2.05, 4.69) is 27.1 Å². The molecule has 0 bridgehead atoms. The van der Waals surface area contributed by atoms with Crippen LogP contribution in [0.2, 0.25) is 0 Å². The summed E-state index contributed by atoms with van der Waals surface area (Å²) in [6.07, 6.45) is 5.40. The van der Waals surface area contributed by atoms with E-state index in [1.54, 1.807) is 7.11 Å². The van der Waals surface area contributed by atoms with Crippen LogP contribution in [-0.4, -0.2) is 65.4 Å². The summed E-state index contributed by atoms with van der Waals surface area (Å²) in [6.45, 7) is 4.80. The maximum atomic E-state index is 11.7. The van der Waals surface area contributed by atoms with Crippen LogP contribution in [-0.2, 0) is 15.4 Å². The molecule has 1 aliphatic heterocycles. The fourth-order valence-corrected chi connectivity index (χ4v) is 4.90. The van der Waals surface area contributed by atoms with E-state index in [1.165, 1.54) is 11.8 Å². The highest BCUT2D eigenvalue weighted by atomic mass is 35.5. The first-order valence-electron chi connectivity index (χ1n) is 9.46. The second-order valence-electron chi connectivity index (χ2n) is 7.62. The summed E-state index contributed by atoms with van der Waals surface area (Å²) in [5, 5.41) is 3.41. The minimum Gasteiger partial charge on any atom is -0.497 e. The number of nitrogens with one attached hydrogen (secondary N) is 2. The normalized spacial score (nSPS) is 26.0. The fourth-order valence-electron chi connectivity index (χ4n) is 4.36. The lowest BCUT2D eigenvalue weighted by atomic mass is 9.68. The number of piperazine rings is 1. The van der Waals surface area contributed by atoms with Crippen molar-refractivity contribution in [3.05, 3.63) is 29.8 Å². The summed E-state index contributed by atoms with van der Waals surface area (Å²) in [7, 11) is -1.55.